The van der Waals surface area contributed by atoms with Gasteiger partial charge >= 0.3 is 0 Å². The molecular weight excluding hydrogens is 244 g/mol. The van der Waals surface area contributed by atoms with E-state index in [1.807, 2.05) is 0 Å². The van der Waals surface area contributed by atoms with E-state index in [1.54, 1.807) is 48.5 Å². The van der Waals surface area contributed by atoms with Gasteiger partial charge in [-0.25, -0.2) is 9.59 Å². The van der Waals surface area contributed by atoms with Crippen molar-refractivity contribution in [2.45, 2.75) is 0 Å². The fourth-order valence-electron chi connectivity index (χ4n) is 1.47. The third kappa shape index (κ3) is 3.48. The lowest BCUT2D eigenvalue weighted by Gasteiger charge is -2.06. The normalized spacial score (nSPS) is 9.05. The number of ether oxygens (including phenoxy) is 1. The number of hydrogen-bond donors (Lipinski definition) is 0. The van der Waals surface area contributed by atoms with Crippen LogP contribution in [0, 0.1) is 0 Å². The van der Waals surface area contributed by atoms with Gasteiger partial charge in [-0.15, -0.1) is 0 Å². The van der Waals surface area contributed by atoms with Crippen LogP contribution in [0.25, 0.3) is 0 Å². The van der Waals surface area contributed by atoms with Gasteiger partial charge in [-0.2, -0.15) is 9.98 Å². The monoisotopic (exact) mass is 252 g/mol. The first-order valence-corrected chi connectivity index (χ1v) is 5.35. The molecule has 0 amide bonds. The number of isocyanates is 2. The van der Waals surface area contributed by atoms with Crippen molar-refractivity contribution >= 4 is 23.5 Å². The largest absolute Gasteiger partial charge is 0.457 e. The zero-order valence-electron chi connectivity index (χ0n) is 9.74. The summed E-state index contributed by atoms with van der Waals surface area (Å²) in [6, 6.07) is 13.4. The number of benzene rings is 2. The topological polar surface area (TPSA) is 68.1 Å². The molecule has 19 heavy (non-hydrogen) atoms. The Morgan fingerprint density at radius 2 is 1.26 bits per heavy atom. The van der Waals surface area contributed by atoms with Crippen LogP contribution in [-0.2, 0) is 9.59 Å². The van der Waals surface area contributed by atoms with Crippen LogP contribution in [-0.4, -0.2) is 12.2 Å². The van der Waals surface area contributed by atoms with E-state index in [-0.39, 0.29) is 0 Å². The maximum absolute atomic E-state index is 10.2. The number of carbonyl (C=O) groups excluding carboxylic acids is 2. The maximum atomic E-state index is 10.2. The van der Waals surface area contributed by atoms with Gasteiger partial charge in [-0.05, 0) is 24.3 Å². The van der Waals surface area contributed by atoms with Gasteiger partial charge in [0.15, 0.2) is 0 Å². The fourth-order valence-corrected chi connectivity index (χ4v) is 1.47. The molecule has 0 saturated carbocycles. The Morgan fingerprint density at radius 1 is 0.789 bits per heavy atom. The molecule has 0 radical (unpaired) electrons. The molecule has 0 spiro atoms. The highest BCUT2D eigenvalue weighted by atomic mass is 16.5. The molecule has 2 rings (SSSR count). The average molecular weight is 252 g/mol. The molecule has 0 N–H and O–H groups in total. The summed E-state index contributed by atoms with van der Waals surface area (Å²) in [5, 5.41) is 0. The van der Waals surface area contributed by atoms with Crippen molar-refractivity contribution in [3.63, 3.8) is 0 Å². The van der Waals surface area contributed by atoms with Gasteiger partial charge in [-0.3, -0.25) is 0 Å². The lowest BCUT2D eigenvalue weighted by atomic mass is 10.3. The van der Waals surface area contributed by atoms with Crippen molar-refractivity contribution in [2.24, 2.45) is 9.98 Å². The summed E-state index contributed by atoms with van der Waals surface area (Å²) in [6.07, 6.45) is 2.92. The molecule has 0 atom stereocenters. The average Bonchev–Trinajstić information content (AvgIpc) is 2.40. The van der Waals surface area contributed by atoms with Gasteiger partial charge in [0.2, 0.25) is 12.2 Å². The molecule has 2 aromatic carbocycles. The number of hydrogen-bond acceptors (Lipinski definition) is 5. The molecular formula is C14H8N2O3. The van der Waals surface area contributed by atoms with Crippen molar-refractivity contribution in [1.29, 1.82) is 0 Å². The SMILES string of the molecule is O=C=Nc1cccc(Oc2cccc(N=C=O)c2)c1. The standard InChI is InChI=1S/C14H8N2O3/c17-9-15-11-3-1-5-13(7-11)19-14-6-2-4-12(8-14)16-10-18/h1-8H. The summed E-state index contributed by atoms with van der Waals surface area (Å²) in [7, 11) is 0. The van der Waals surface area contributed by atoms with E-state index in [1.165, 1.54) is 12.2 Å². The predicted molar refractivity (Wildman–Crippen MR) is 68.5 cm³/mol. The Labute approximate surface area is 108 Å². The van der Waals surface area contributed by atoms with E-state index < -0.39 is 0 Å². The predicted octanol–water partition coefficient (Wildman–Crippen LogP) is 3.41. The minimum atomic E-state index is 0.453. The first kappa shape index (κ1) is 12.5. The molecule has 2 aromatic rings. The van der Waals surface area contributed by atoms with Crippen LogP contribution >= 0.6 is 0 Å². The van der Waals surface area contributed by atoms with E-state index >= 15 is 0 Å². The van der Waals surface area contributed by atoms with E-state index in [0.29, 0.717) is 22.9 Å². The van der Waals surface area contributed by atoms with Crippen LogP contribution in [0.3, 0.4) is 0 Å². The van der Waals surface area contributed by atoms with Crippen LogP contribution in [0.4, 0.5) is 11.4 Å². The van der Waals surface area contributed by atoms with Crippen LogP contribution in [0.1, 0.15) is 0 Å². The van der Waals surface area contributed by atoms with Crippen LogP contribution in [0.5, 0.6) is 11.5 Å². The summed E-state index contributed by atoms with van der Waals surface area (Å²) >= 11 is 0. The summed E-state index contributed by atoms with van der Waals surface area (Å²) in [5.74, 6) is 1.03. The molecule has 5 nitrogen and oxygen atoms in total. The first-order chi connectivity index (χ1) is 9.31. The molecule has 0 unspecified atom stereocenters. The molecule has 0 fully saturated rings. The van der Waals surface area contributed by atoms with E-state index in [9.17, 15) is 9.59 Å². The highest BCUT2D eigenvalue weighted by Crippen LogP contribution is 2.27. The third-order valence-corrected chi connectivity index (χ3v) is 2.22. The van der Waals surface area contributed by atoms with E-state index in [2.05, 4.69) is 9.98 Å². The van der Waals surface area contributed by atoms with Crippen LogP contribution < -0.4 is 4.74 Å². The van der Waals surface area contributed by atoms with Crippen molar-refractivity contribution < 1.29 is 14.3 Å². The highest BCUT2D eigenvalue weighted by Gasteiger charge is 2.00. The summed E-state index contributed by atoms with van der Waals surface area (Å²) in [5.41, 5.74) is 0.907. The molecule has 0 aliphatic heterocycles. The molecule has 0 aliphatic rings. The Kier molecular flexibility index (Phi) is 3.98. The molecule has 92 valence electrons. The van der Waals surface area contributed by atoms with Gasteiger partial charge in [0.05, 0.1) is 11.4 Å². The van der Waals surface area contributed by atoms with Gasteiger partial charge in [0.1, 0.15) is 11.5 Å². The van der Waals surface area contributed by atoms with Gasteiger partial charge in [-0.1, -0.05) is 12.1 Å². The van der Waals surface area contributed by atoms with Crippen molar-refractivity contribution in [3.05, 3.63) is 48.5 Å². The van der Waals surface area contributed by atoms with Crippen molar-refractivity contribution in [3.8, 4) is 11.5 Å². The molecule has 0 aliphatic carbocycles. The fraction of sp³-hybridized carbons (Fsp3) is 0. The van der Waals surface area contributed by atoms with E-state index in [0.717, 1.165) is 0 Å². The Morgan fingerprint density at radius 3 is 1.68 bits per heavy atom. The van der Waals surface area contributed by atoms with Crippen LogP contribution in [0.2, 0.25) is 0 Å². The van der Waals surface area contributed by atoms with Crippen LogP contribution in [0.15, 0.2) is 58.5 Å². The zero-order valence-corrected chi connectivity index (χ0v) is 9.74. The molecule has 5 heteroatoms. The summed E-state index contributed by atoms with van der Waals surface area (Å²) in [4.78, 5) is 27.4. The number of nitrogens with zero attached hydrogens (tertiary/aromatic N) is 2. The van der Waals surface area contributed by atoms with Crippen molar-refractivity contribution in [2.75, 3.05) is 0 Å². The smallest absolute Gasteiger partial charge is 0.240 e. The van der Waals surface area contributed by atoms with E-state index in [4.69, 9.17) is 4.74 Å². The minimum Gasteiger partial charge on any atom is -0.457 e. The first-order valence-electron chi connectivity index (χ1n) is 5.35. The minimum absolute atomic E-state index is 0.453. The third-order valence-electron chi connectivity index (χ3n) is 2.22. The van der Waals surface area contributed by atoms with Gasteiger partial charge < -0.3 is 4.74 Å². The molecule has 0 heterocycles. The second kappa shape index (κ2) is 6.07. The second-order valence-corrected chi connectivity index (χ2v) is 3.50. The van der Waals surface area contributed by atoms with Crippen molar-refractivity contribution in [1.82, 2.24) is 0 Å². The molecule has 0 aromatic heterocycles. The highest BCUT2D eigenvalue weighted by molar-refractivity contribution is 5.54. The number of rotatable bonds is 4. The molecule has 0 saturated heterocycles. The maximum Gasteiger partial charge on any atom is 0.240 e. The lowest BCUT2D eigenvalue weighted by molar-refractivity contribution is 0.483. The number of aliphatic imine (C=N–C) groups is 2. The zero-order chi connectivity index (χ0) is 13.5. The Balaban J connectivity index is 2.25. The summed E-state index contributed by atoms with van der Waals surface area (Å²) in [6.45, 7) is 0. The quantitative estimate of drug-likeness (QED) is 0.618. The van der Waals surface area contributed by atoms with Gasteiger partial charge in [0.25, 0.3) is 0 Å². The Bertz CT molecular complexity index is 625. The summed E-state index contributed by atoms with van der Waals surface area (Å²) < 4.78 is 5.57. The second-order valence-electron chi connectivity index (χ2n) is 3.50. The lowest BCUT2D eigenvalue weighted by Crippen LogP contribution is -1.83. The Hall–Kier alpha value is -3.00. The molecule has 0 bridgehead atoms. The van der Waals surface area contributed by atoms with Gasteiger partial charge in [0, 0.05) is 12.1 Å².